The second kappa shape index (κ2) is 7.20. The van der Waals surface area contributed by atoms with Gasteiger partial charge in [-0.25, -0.2) is 4.39 Å². The maximum Gasteiger partial charge on any atom is 0.226 e. The van der Waals surface area contributed by atoms with Crippen LogP contribution in [0.15, 0.2) is 24.3 Å². The van der Waals surface area contributed by atoms with Crippen molar-refractivity contribution in [1.82, 2.24) is 10.2 Å². The first-order valence-electron chi connectivity index (χ1n) is 11.0. The van der Waals surface area contributed by atoms with Crippen LogP contribution in [0.4, 0.5) is 4.39 Å². The summed E-state index contributed by atoms with van der Waals surface area (Å²) in [4.78, 5) is 15.7. The monoisotopic (exact) mass is 370 g/mol. The van der Waals surface area contributed by atoms with Crippen molar-refractivity contribution < 1.29 is 9.18 Å². The van der Waals surface area contributed by atoms with Gasteiger partial charge < -0.3 is 10.2 Å². The minimum absolute atomic E-state index is 0.173. The number of hydrogen-bond donors (Lipinski definition) is 1. The highest BCUT2D eigenvalue weighted by molar-refractivity contribution is 5.83. The smallest absolute Gasteiger partial charge is 0.226 e. The van der Waals surface area contributed by atoms with Crippen molar-refractivity contribution in [2.24, 2.45) is 17.8 Å². The summed E-state index contributed by atoms with van der Waals surface area (Å²) in [6.45, 7) is 1.75. The Kier molecular flexibility index (Phi) is 4.71. The third-order valence-corrected chi connectivity index (χ3v) is 7.70. The lowest BCUT2D eigenvalue weighted by Crippen LogP contribution is -2.47. The number of likely N-dealkylation sites (tertiary alicyclic amines) is 1. The molecule has 2 saturated carbocycles. The number of halogens is 1. The molecule has 0 radical (unpaired) electrons. The van der Waals surface area contributed by atoms with Crippen LogP contribution in [-0.2, 0) is 4.79 Å². The predicted molar refractivity (Wildman–Crippen MR) is 104 cm³/mol. The average Bonchev–Trinajstić information content (AvgIpc) is 3.28. The molecule has 2 aliphatic heterocycles. The summed E-state index contributed by atoms with van der Waals surface area (Å²) >= 11 is 0. The van der Waals surface area contributed by atoms with Crippen molar-refractivity contribution in [1.29, 1.82) is 0 Å². The molecule has 2 unspecified atom stereocenters. The van der Waals surface area contributed by atoms with E-state index in [0.29, 0.717) is 17.7 Å². The molecule has 27 heavy (non-hydrogen) atoms. The molecule has 1 amide bonds. The zero-order valence-electron chi connectivity index (χ0n) is 16.1. The molecule has 1 N–H and O–H groups in total. The van der Waals surface area contributed by atoms with E-state index in [1.54, 1.807) is 6.07 Å². The maximum atomic E-state index is 13.9. The molecule has 2 saturated heterocycles. The van der Waals surface area contributed by atoms with Crippen LogP contribution in [0.3, 0.4) is 0 Å². The quantitative estimate of drug-likeness (QED) is 0.850. The lowest BCUT2D eigenvalue weighted by atomic mass is 9.88. The van der Waals surface area contributed by atoms with E-state index in [9.17, 15) is 9.18 Å². The Balaban J connectivity index is 1.41. The van der Waals surface area contributed by atoms with Crippen LogP contribution in [0.25, 0.3) is 0 Å². The van der Waals surface area contributed by atoms with Crippen molar-refractivity contribution in [2.75, 3.05) is 13.1 Å². The standard InChI is InChI=1S/C23H31FN2O/c24-16-8-6-7-15(13-16)19-14-26(20-11-2-1-5-12-25-22(19)20)23(27)21-17-9-3-4-10-18(17)21/h6-8,13,17-22,25H,1-5,9-12,14H2/t17?,18?,19-,20+,21?,22-/m0/s1. The van der Waals surface area contributed by atoms with Crippen molar-refractivity contribution in [3.8, 4) is 0 Å². The van der Waals surface area contributed by atoms with Crippen LogP contribution in [0, 0.1) is 23.6 Å². The summed E-state index contributed by atoms with van der Waals surface area (Å²) in [5.74, 6) is 2.02. The number of fused-ring (bicyclic) bond motifs is 2. The van der Waals surface area contributed by atoms with Crippen molar-refractivity contribution in [3.05, 3.63) is 35.6 Å². The van der Waals surface area contributed by atoms with E-state index in [0.717, 1.165) is 25.1 Å². The Labute approximate surface area is 161 Å². The second-order valence-corrected chi connectivity index (χ2v) is 9.19. The molecule has 5 atom stereocenters. The third kappa shape index (κ3) is 3.20. The minimum Gasteiger partial charge on any atom is -0.337 e. The number of carbonyl (C=O) groups is 1. The van der Waals surface area contributed by atoms with Crippen LogP contribution in [-0.4, -0.2) is 36.0 Å². The van der Waals surface area contributed by atoms with Gasteiger partial charge in [0.15, 0.2) is 0 Å². The molecule has 4 heteroatoms. The lowest BCUT2D eigenvalue weighted by Gasteiger charge is -2.31. The maximum absolute atomic E-state index is 13.9. The Morgan fingerprint density at radius 3 is 2.59 bits per heavy atom. The highest BCUT2D eigenvalue weighted by Gasteiger charge is 2.58. The average molecular weight is 371 g/mol. The molecule has 146 valence electrons. The first-order valence-corrected chi connectivity index (χ1v) is 11.0. The normalized spacial score (nSPS) is 38.5. The molecule has 4 fully saturated rings. The van der Waals surface area contributed by atoms with Gasteiger partial charge in [0.05, 0.1) is 0 Å². The van der Waals surface area contributed by atoms with Gasteiger partial charge in [0.1, 0.15) is 5.82 Å². The zero-order valence-corrected chi connectivity index (χ0v) is 16.1. The van der Waals surface area contributed by atoms with Gasteiger partial charge in [-0.05, 0) is 61.8 Å². The van der Waals surface area contributed by atoms with E-state index < -0.39 is 0 Å². The number of carbonyl (C=O) groups excluding carboxylic acids is 1. The van der Waals surface area contributed by atoms with Crippen LogP contribution in [0.5, 0.6) is 0 Å². The van der Waals surface area contributed by atoms with Gasteiger partial charge in [-0.3, -0.25) is 4.79 Å². The highest BCUT2D eigenvalue weighted by atomic mass is 19.1. The fourth-order valence-corrected chi connectivity index (χ4v) is 6.31. The van der Waals surface area contributed by atoms with Crippen molar-refractivity contribution >= 4 is 5.91 Å². The molecule has 3 nitrogen and oxygen atoms in total. The van der Waals surface area contributed by atoms with E-state index in [4.69, 9.17) is 0 Å². The Morgan fingerprint density at radius 2 is 1.81 bits per heavy atom. The van der Waals surface area contributed by atoms with Gasteiger partial charge >= 0.3 is 0 Å². The molecular formula is C23H31FN2O. The largest absolute Gasteiger partial charge is 0.337 e. The van der Waals surface area contributed by atoms with Crippen LogP contribution >= 0.6 is 0 Å². The van der Waals surface area contributed by atoms with Crippen molar-refractivity contribution in [3.63, 3.8) is 0 Å². The predicted octanol–water partition coefficient (Wildman–Crippen LogP) is 4.09. The third-order valence-electron chi connectivity index (χ3n) is 7.70. The van der Waals surface area contributed by atoms with Gasteiger partial charge in [0.25, 0.3) is 0 Å². The minimum atomic E-state index is -0.173. The van der Waals surface area contributed by atoms with E-state index >= 15 is 0 Å². The van der Waals surface area contributed by atoms with Crippen LogP contribution < -0.4 is 5.32 Å². The van der Waals surface area contributed by atoms with Crippen molar-refractivity contribution in [2.45, 2.75) is 69.4 Å². The molecule has 5 rings (SSSR count). The fraction of sp³-hybridized carbons (Fsp3) is 0.696. The molecule has 4 aliphatic rings. The van der Waals surface area contributed by atoms with Crippen LogP contribution in [0.2, 0.25) is 0 Å². The second-order valence-electron chi connectivity index (χ2n) is 9.19. The molecule has 2 aliphatic carbocycles. The number of hydrogen-bond acceptors (Lipinski definition) is 2. The van der Waals surface area contributed by atoms with Gasteiger partial charge in [-0.2, -0.15) is 0 Å². The lowest BCUT2D eigenvalue weighted by molar-refractivity contribution is -0.134. The number of amides is 1. The van der Waals surface area contributed by atoms with Gasteiger partial charge in [0, 0.05) is 30.5 Å². The van der Waals surface area contributed by atoms with E-state index in [1.165, 1.54) is 51.0 Å². The Bertz CT molecular complexity index is 695. The SMILES string of the molecule is O=C(C1C2CCCCC21)N1C[C@@H](c2cccc(F)c2)[C@@H]2NCCCCC[C@H]21. The first kappa shape index (κ1) is 17.7. The summed E-state index contributed by atoms with van der Waals surface area (Å²) in [7, 11) is 0. The van der Waals surface area contributed by atoms with E-state index in [1.807, 2.05) is 12.1 Å². The molecule has 2 heterocycles. The van der Waals surface area contributed by atoms with Gasteiger partial charge in [-0.1, -0.05) is 37.8 Å². The summed E-state index contributed by atoms with van der Waals surface area (Å²) in [5, 5.41) is 3.74. The number of nitrogens with zero attached hydrogens (tertiary/aromatic N) is 1. The highest BCUT2D eigenvalue weighted by Crippen LogP contribution is 2.56. The van der Waals surface area contributed by atoms with Gasteiger partial charge in [0.2, 0.25) is 5.91 Å². The first-order chi connectivity index (χ1) is 13.2. The number of rotatable bonds is 2. The summed E-state index contributed by atoms with van der Waals surface area (Å²) in [6.07, 6.45) is 9.78. The zero-order chi connectivity index (χ0) is 18.4. The summed E-state index contributed by atoms with van der Waals surface area (Å²) < 4.78 is 13.9. The molecule has 0 bridgehead atoms. The topological polar surface area (TPSA) is 32.3 Å². The Morgan fingerprint density at radius 1 is 1.04 bits per heavy atom. The molecular weight excluding hydrogens is 339 g/mol. The molecule has 1 aromatic rings. The van der Waals surface area contributed by atoms with E-state index in [2.05, 4.69) is 10.2 Å². The fourth-order valence-electron chi connectivity index (χ4n) is 6.31. The number of benzene rings is 1. The summed E-state index contributed by atoms with van der Waals surface area (Å²) in [6, 6.07) is 7.57. The number of nitrogens with one attached hydrogen (secondary N) is 1. The van der Waals surface area contributed by atoms with E-state index in [-0.39, 0.29) is 29.7 Å². The molecule has 1 aromatic carbocycles. The van der Waals surface area contributed by atoms with Crippen LogP contribution in [0.1, 0.15) is 62.8 Å². The Hall–Kier alpha value is -1.42. The summed E-state index contributed by atoms with van der Waals surface area (Å²) in [5.41, 5.74) is 1.04. The van der Waals surface area contributed by atoms with Gasteiger partial charge in [-0.15, -0.1) is 0 Å². The molecule has 0 aromatic heterocycles. The molecule has 0 spiro atoms.